The normalized spacial score (nSPS) is 12.4. The van der Waals surface area contributed by atoms with E-state index in [1.165, 1.54) is 0 Å². The van der Waals surface area contributed by atoms with Crippen molar-refractivity contribution >= 4 is 5.69 Å². The maximum absolute atomic E-state index is 9.51. The molecule has 1 aromatic rings. The van der Waals surface area contributed by atoms with Crippen molar-refractivity contribution in [2.45, 2.75) is 12.5 Å². The van der Waals surface area contributed by atoms with E-state index >= 15 is 0 Å². The second-order valence-electron chi connectivity index (χ2n) is 2.54. The van der Waals surface area contributed by atoms with Gasteiger partial charge in [-0.3, -0.25) is 4.98 Å². The van der Waals surface area contributed by atoms with Crippen LogP contribution in [0.1, 0.15) is 18.1 Å². The number of aliphatic hydroxyl groups excluding tert-OH is 1. The van der Waals surface area contributed by atoms with Gasteiger partial charge < -0.3 is 10.8 Å². The SMILES string of the molecule is C=CCC(O)c1cnccc1N. The summed E-state index contributed by atoms with van der Waals surface area (Å²) in [4.78, 5) is 3.87. The standard InChI is InChI=1S/C9H12N2O/c1-2-3-9(12)7-6-11-5-4-8(7)10/h2,4-6,9,12H,1,3H2,(H2,10,11). The van der Waals surface area contributed by atoms with Gasteiger partial charge in [0, 0.05) is 23.6 Å². The minimum atomic E-state index is -0.587. The van der Waals surface area contributed by atoms with E-state index in [2.05, 4.69) is 11.6 Å². The molecular weight excluding hydrogens is 152 g/mol. The molecule has 1 rings (SSSR count). The average Bonchev–Trinajstić information content (AvgIpc) is 2.05. The zero-order valence-electron chi connectivity index (χ0n) is 6.77. The molecule has 64 valence electrons. The van der Waals surface area contributed by atoms with Crippen LogP contribution in [0.3, 0.4) is 0 Å². The Morgan fingerprint density at radius 3 is 3.08 bits per heavy atom. The molecule has 1 heterocycles. The highest BCUT2D eigenvalue weighted by Crippen LogP contribution is 2.21. The highest BCUT2D eigenvalue weighted by Gasteiger charge is 2.08. The Hall–Kier alpha value is -1.35. The molecule has 0 saturated heterocycles. The molecule has 1 unspecified atom stereocenters. The molecule has 0 radical (unpaired) electrons. The molecule has 0 aliphatic heterocycles. The van der Waals surface area contributed by atoms with E-state index in [4.69, 9.17) is 5.73 Å². The number of hydrogen-bond acceptors (Lipinski definition) is 3. The lowest BCUT2D eigenvalue weighted by Gasteiger charge is -2.09. The summed E-state index contributed by atoms with van der Waals surface area (Å²) in [5, 5.41) is 9.51. The maximum Gasteiger partial charge on any atom is 0.0859 e. The second kappa shape index (κ2) is 3.88. The first-order valence-corrected chi connectivity index (χ1v) is 3.74. The molecule has 0 bridgehead atoms. The molecule has 0 saturated carbocycles. The summed E-state index contributed by atoms with van der Waals surface area (Å²) < 4.78 is 0. The van der Waals surface area contributed by atoms with Crippen molar-refractivity contribution in [3.8, 4) is 0 Å². The molecule has 12 heavy (non-hydrogen) atoms. The summed E-state index contributed by atoms with van der Waals surface area (Å²) in [7, 11) is 0. The largest absolute Gasteiger partial charge is 0.398 e. The predicted octanol–water partition coefficient (Wildman–Crippen LogP) is 1.27. The number of aromatic nitrogens is 1. The van der Waals surface area contributed by atoms with E-state index < -0.39 is 6.10 Å². The Morgan fingerprint density at radius 2 is 2.50 bits per heavy atom. The fraction of sp³-hybridized carbons (Fsp3) is 0.222. The third-order valence-electron chi connectivity index (χ3n) is 1.64. The van der Waals surface area contributed by atoms with Crippen molar-refractivity contribution in [3.05, 3.63) is 36.7 Å². The number of nitrogens with zero attached hydrogens (tertiary/aromatic N) is 1. The lowest BCUT2D eigenvalue weighted by atomic mass is 10.1. The highest BCUT2D eigenvalue weighted by molar-refractivity contribution is 5.45. The first kappa shape index (κ1) is 8.74. The lowest BCUT2D eigenvalue weighted by molar-refractivity contribution is 0.182. The van der Waals surface area contributed by atoms with Gasteiger partial charge in [0.15, 0.2) is 0 Å². The number of nitrogen functional groups attached to an aromatic ring is 1. The molecule has 0 aliphatic rings. The monoisotopic (exact) mass is 164 g/mol. The average molecular weight is 164 g/mol. The summed E-state index contributed by atoms with van der Waals surface area (Å²) in [6.07, 6.45) is 4.73. The van der Waals surface area contributed by atoms with Crippen LogP contribution in [-0.4, -0.2) is 10.1 Å². The third kappa shape index (κ3) is 1.83. The van der Waals surface area contributed by atoms with E-state index in [1.807, 2.05) is 0 Å². The predicted molar refractivity (Wildman–Crippen MR) is 48.4 cm³/mol. The Kier molecular flexibility index (Phi) is 2.82. The van der Waals surface area contributed by atoms with Crippen LogP contribution >= 0.6 is 0 Å². The van der Waals surface area contributed by atoms with Gasteiger partial charge in [-0.15, -0.1) is 6.58 Å². The molecule has 0 aromatic carbocycles. The van der Waals surface area contributed by atoms with Crippen molar-refractivity contribution < 1.29 is 5.11 Å². The summed E-state index contributed by atoms with van der Waals surface area (Å²) >= 11 is 0. The summed E-state index contributed by atoms with van der Waals surface area (Å²) in [6.45, 7) is 3.53. The Labute approximate surface area is 71.6 Å². The number of hydrogen-bond donors (Lipinski definition) is 2. The van der Waals surface area contributed by atoms with Gasteiger partial charge >= 0.3 is 0 Å². The Morgan fingerprint density at radius 1 is 1.75 bits per heavy atom. The zero-order valence-corrected chi connectivity index (χ0v) is 6.77. The van der Waals surface area contributed by atoms with Crippen molar-refractivity contribution in [1.29, 1.82) is 0 Å². The quantitative estimate of drug-likeness (QED) is 0.661. The first-order valence-electron chi connectivity index (χ1n) is 3.74. The molecule has 0 spiro atoms. The number of pyridine rings is 1. The number of aliphatic hydroxyl groups is 1. The van der Waals surface area contributed by atoms with Gasteiger partial charge in [0.1, 0.15) is 0 Å². The van der Waals surface area contributed by atoms with Crippen LogP contribution in [0.2, 0.25) is 0 Å². The highest BCUT2D eigenvalue weighted by atomic mass is 16.3. The van der Waals surface area contributed by atoms with Crippen molar-refractivity contribution in [2.24, 2.45) is 0 Å². The Balaban J connectivity index is 2.86. The minimum absolute atomic E-state index is 0.496. The molecule has 1 atom stereocenters. The van der Waals surface area contributed by atoms with Gasteiger partial charge in [-0.1, -0.05) is 6.08 Å². The van der Waals surface area contributed by atoms with Crippen LogP contribution in [-0.2, 0) is 0 Å². The van der Waals surface area contributed by atoms with Crippen molar-refractivity contribution in [2.75, 3.05) is 5.73 Å². The van der Waals surface area contributed by atoms with E-state index in [0.29, 0.717) is 17.7 Å². The molecule has 1 aromatic heterocycles. The van der Waals surface area contributed by atoms with Gasteiger partial charge in [0.05, 0.1) is 6.10 Å². The molecule has 3 heteroatoms. The molecule has 0 fully saturated rings. The van der Waals surface area contributed by atoms with Gasteiger partial charge in [0.25, 0.3) is 0 Å². The third-order valence-corrected chi connectivity index (χ3v) is 1.64. The summed E-state index contributed by atoms with van der Waals surface area (Å²) in [5.74, 6) is 0. The topological polar surface area (TPSA) is 59.1 Å². The van der Waals surface area contributed by atoms with Crippen LogP contribution in [0, 0.1) is 0 Å². The number of anilines is 1. The van der Waals surface area contributed by atoms with Crippen molar-refractivity contribution in [1.82, 2.24) is 4.98 Å². The second-order valence-corrected chi connectivity index (χ2v) is 2.54. The summed E-state index contributed by atoms with van der Waals surface area (Å²) in [5.41, 5.74) is 6.85. The van der Waals surface area contributed by atoms with E-state index in [9.17, 15) is 5.11 Å². The van der Waals surface area contributed by atoms with Crippen LogP contribution in [0.15, 0.2) is 31.1 Å². The van der Waals surface area contributed by atoms with E-state index in [0.717, 1.165) is 0 Å². The van der Waals surface area contributed by atoms with Gasteiger partial charge in [-0.2, -0.15) is 0 Å². The minimum Gasteiger partial charge on any atom is -0.398 e. The molecule has 0 aliphatic carbocycles. The van der Waals surface area contributed by atoms with Crippen LogP contribution in [0.4, 0.5) is 5.69 Å². The fourth-order valence-corrected chi connectivity index (χ4v) is 0.981. The number of rotatable bonds is 3. The molecule has 3 nitrogen and oxygen atoms in total. The van der Waals surface area contributed by atoms with Gasteiger partial charge in [-0.05, 0) is 12.5 Å². The van der Waals surface area contributed by atoms with Gasteiger partial charge in [-0.25, -0.2) is 0 Å². The lowest BCUT2D eigenvalue weighted by Crippen LogP contribution is -2.01. The van der Waals surface area contributed by atoms with Crippen LogP contribution in [0.5, 0.6) is 0 Å². The Bertz CT molecular complexity index is 273. The van der Waals surface area contributed by atoms with Crippen LogP contribution in [0.25, 0.3) is 0 Å². The van der Waals surface area contributed by atoms with Gasteiger partial charge in [0.2, 0.25) is 0 Å². The van der Waals surface area contributed by atoms with E-state index in [1.54, 1.807) is 24.5 Å². The molecular formula is C9H12N2O. The maximum atomic E-state index is 9.51. The smallest absolute Gasteiger partial charge is 0.0859 e. The fourth-order valence-electron chi connectivity index (χ4n) is 0.981. The summed E-state index contributed by atoms with van der Waals surface area (Å²) in [6, 6.07) is 1.67. The van der Waals surface area contributed by atoms with Crippen molar-refractivity contribution in [3.63, 3.8) is 0 Å². The zero-order chi connectivity index (χ0) is 8.97. The number of nitrogens with two attached hydrogens (primary N) is 1. The molecule has 0 amide bonds. The molecule has 3 N–H and O–H groups in total. The van der Waals surface area contributed by atoms with Crippen LogP contribution < -0.4 is 5.73 Å². The van der Waals surface area contributed by atoms with E-state index in [-0.39, 0.29) is 0 Å². The first-order chi connectivity index (χ1) is 5.75.